The van der Waals surface area contributed by atoms with Crippen LogP contribution in [-0.4, -0.2) is 27.1 Å². The molecule has 1 saturated heterocycles. The highest BCUT2D eigenvalue weighted by Crippen LogP contribution is 2.53. The fourth-order valence-electron chi connectivity index (χ4n) is 3.90. The number of hydrogen-bond acceptors (Lipinski definition) is 2. The van der Waals surface area contributed by atoms with Crippen LogP contribution in [0.3, 0.4) is 0 Å². The average Bonchev–Trinajstić information content (AvgIpc) is 2.59. The van der Waals surface area contributed by atoms with Crippen molar-refractivity contribution in [3.05, 3.63) is 0 Å². The van der Waals surface area contributed by atoms with Gasteiger partial charge in [0.15, 0.2) is 5.79 Å². The molecule has 1 heterocycles. The standard InChI is InChI=1S/C18H36O2Si/c1-14-9-18(12-19-17(5,6)20-13-18)10-15(14)11-21(7,8)16(2,3)4/h14-15H,9-13H2,1-8H3. The summed E-state index contributed by atoms with van der Waals surface area (Å²) in [5.41, 5.74) is 0.294. The van der Waals surface area contributed by atoms with E-state index in [0.29, 0.717) is 10.5 Å². The van der Waals surface area contributed by atoms with Crippen molar-refractivity contribution in [2.45, 2.75) is 84.3 Å². The first-order valence-electron chi connectivity index (χ1n) is 8.64. The summed E-state index contributed by atoms with van der Waals surface area (Å²) >= 11 is 0. The number of ether oxygens (including phenoxy) is 2. The van der Waals surface area contributed by atoms with Crippen molar-refractivity contribution >= 4 is 8.07 Å². The minimum Gasteiger partial charge on any atom is -0.350 e. The van der Waals surface area contributed by atoms with Gasteiger partial charge in [0.25, 0.3) is 0 Å². The third kappa shape index (κ3) is 3.73. The fraction of sp³-hybridized carbons (Fsp3) is 1.00. The van der Waals surface area contributed by atoms with E-state index in [0.717, 1.165) is 25.0 Å². The highest BCUT2D eigenvalue weighted by atomic mass is 28.3. The summed E-state index contributed by atoms with van der Waals surface area (Å²) in [5.74, 6) is 1.29. The van der Waals surface area contributed by atoms with Gasteiger partial charge in [-0.1, -0.05) is 46.8 Å². The molecular weight excluding hydrogens is 276 g/mol. The molecule has 2 fully saturated rings. The fourth-order valence-corrected chi connectivity index (χ4v) is 6.37. The zero-order valence-electron chi connectivity index (χ0n) is 15.5. The van der Waals surface area contributed by atoms with Crippen molar-refractivity contribution in [3.8, 4) is 0 Å². The van der Waals surface area contributed by atoms with Gasteiger partial charge in [-0.05, 0) is 43.6 Å². The van der Waals surface area contributed by atoms with Crippen molar-refractivity contribution in [1.82, 2.24) is 0 Å². The largest absolute Gasteiger partial charge is 0.350 e. The Bertz CT molecular complexity index is 371. The molecule has 2 atom stereocenters. The van der Waals surface area contributed by atoms with E-state index in [2.05, 4.69) is 40.8 Å². The molecule has 2 rings (SSSR count). The highest BCUT2D eigenvalue weighted by molar-refractivity contribution is 6.80. The molecule has 2 aliphatic rings. The van der Waals surface area contributed by atoms with Crippen LogP contribution in [0.1, 0.15) is 54.4 Å². The zero-order chi connectivity index (χ0) is 16.1. The first-order valence-corrected chi connectivity index (χ1v) is 11.8. The molecule has 2 unspecified atom stereocenters. The molecule has 1 aliphatic heterocycles. The Hall–Kier alpha value is 0.137. The van der Waals surface area contributed by atoms with Gasteiger partial charge in [0.05, 0.1) is 21.3 Å². The van der Waals surface area contributed by atoms with Gasteiger partial charge >= 0.3 is 0 Å². The maximum absolute atomic E-state index is 5.99. The van der Waals surface area contributed by atoms with Crippen molar-refractivity contribution < 1.29 is 9.47 Å². The summed E-state index contributed by atoms with van der Waals surface area (Å²) in [6, 6.07) is 1.45. The Kier molecular flexibility index (Phi) is 4.45. The van der Waals surface area contributed by atoms with Crippen molar-refractivity contribution in [2.24, 2.45) is 17.3 Å². The lowest BCUT2D eigenvalue weighted by Gasteiger charge is -2.42. The minimum absolute atomic E-state index is 0.294. The lowest BCUT2D eigenvalue weighted by molar-refractivity contribution is -0.285. The number of hydrogen-bond donors (Lipinski definition) is 0. The molecule has 2 nitrogen and oxygen atoms in total. The van der Waals surface area contributed by atoms with Crippen LogP contribution < -0.4 is 0 Å². The van der Waals surface area contributed by atoms with E-state index in [4.69, 9.17) is 9.47 Å². The smallest absolute Gasteiger partial charge is 0.162 e. The lowest BCUT2D eigenvalue weighted by atomic mass is 9.86. The van der Waals surface area contributed by atoms with E-state index in [1.165, 1.54) is 18.9 Å². The third-order valence-electron chi connectivity index (χ3n) is 6.51. The molecule has 0 radical (unpaired) electrons. The van der Waals surface area contributed by atoms with Crippen molar-refractivity contribution in [3.63, 3.8) is 0 Å². The van der Waals surface area contributed by atoms with Crippen LogP contribution in [0.4, 0.5) is 0 Å². The van der Waals surface area contributed by atoms with Crippen LogP contribution >= 0.6 is 0 Å². The molecule has 124 valence electrons. The summed E-state index contributed by atoms with van der Waals surface area (Å²) in [4.78, 5) is 0. The second-order valence-corrected chi connectivity index (χ2v) is 15.6. The van der Waals surface area contributed by atoms with Gasteiger partial charge in [-0.25, -0.2) is 0 Å². The zero-order valence-corrected chi connectivity index (χ0v) is 16.5. The van der Waals surface area contributed by atoms with Crippen molar-refractivity contribution in [2.75, 3.05) is 13.2 Å². The maximum Gasteiger partial charge on any atom is 0.162 e. The van der Waals surface area contributed by atoms with Gasteiger partial charge in [-0.3, -0.25) is 0 Å². The van der Waals surface area contributed by atoms with E-state index in [9.17, 15) is 0 Å². The van der Waals surface area contributed by atoms with Gasteiger partial charge < -0.3 is 9.47 Å². The SMILES string of the molecule is CC1CC2(COC(C)(C)OC2)CC1C[Si](C)(C)C(C)(C)C. The topological polar surface area (TPSA) is 18.5 Å². The Labute approximate surface area is 133 Å². The van der Waals surface area contributed by atoms with Gasteiger partial charge in [-0.2, -0.15) is 0 Å². The van der Waals surface area contributed by atoms with Crippen LogP contribution in [0.25, 0.3) is 0 Å². The highest BCUT2D eigenvalue weighted by Gasteiger charge is 2.50. The van der Waals surface area contributed by atoms with Gasteiger partial charge in [-0.15, -0.1) is 0 Å². The Morgan fingerprint density at radius 3 is 2.05 bits per heavy atom. The maximum atomic E-state index is 5.99. The predicted molar refractivity (Wildman–Crippen MR) is 92.3 cm³/mol. The Morgan fingerprint density at radius 1 is 1.05 bits per heavy atom. The molecule has 1 spiro atoms. The second kappa shape index (κ2) is 5.35. The predicted octanol–water partition coefficient (Wildman–Crippen LogP) is 5.31. The molecule has 1 saturated carbocycles. The number of rotatable bonds is 2. The molecule has 1 aliphatic carbocycles. The third-order valence-corrected chi connectivity index (χ3v) is 12.1. The molecule has 21 heavy (non-hydrogen) atoms. The molecule has 0 aromatic carbocycles. The molecule has 0 aromatic heterocycles. The monoisotopic (exact) mass is 312 g/mol. The van der Waals surface area contributed by atoms with Crippen LogP contribution in [0.2, 0.25) is 24.2 Å². The summed E-state index contributed by atoms with van der Waals surface area (Å²) in [5, 5.41) is 0.490. The van der Waals surface area contributed by atoms with Crippen LogP contribution in [-0.2, 0) is 9.47 Å². The molecule has 0 aromatic rings. The Morgan fingerprint density at radius 2 is 1.57 bits per heavy atom. The molecule has 0 N–H and O–H groups in total. The summed E-state index contributed by atoms with van der Waals surface area (Å²) in [6.07, 6.45) is 2.58. The van der Waals surface area contributed by atoms with Crippen LogP contribution in [0, 0.1) is 17.3 Å². The quantitative estimate of drug-likeness (QED) is 0.643. The molecular formula is C18H36O2Si. The first-order chi connectivity index (χ1) is 9.36. The van der Waals surface area contributed by atoms with Gasteiger partial charge in [0.1, 0.15) is 0 Å². The van der Waals surface area contributed by atoms with Gasteiger partial charge in [0.2, 0.25) is 0 Å². The summed E-state index contributed by atoms with van der Waals surface area (Å²) in [6.45, 7) is 20.7. The Balaban J connectivity index is 2.02. The van der Waals surface area contributed by atoms with E-state index < -0.39 is 8.07 Å². The van der Waals surface area contributed by atoms with Crippen LogP contribution in [0.15, 0.2) is 0 Å². The molecule has 3 heteroatoms. The normalized spacial score (nSPS) is 32.6. The molecule has 0 bridgehead atoms. The second-order valence-electron chi connectivity index (χ2n) is 9.96. The summed E-state index contributed by atoms with van der Waals surface area (Å²) in [7, 11) is -1.20. The van der Waals surface area contributed by atoms with Crippen molar-refractivity contribution in [1.29, 1.82) is 0 Å². The molecule has 0 amide bonds. The van der Waals surface area contributed by atoms with E-state index in [1.54, 1.807) is 0 Å². The van der Waals surface area contributed by atoms with Crippen LogP contribution in [0.5, 0.6) is 0 Å². The summed E-state index contributed by atoms with van der Waals surface area (Å²) < 4.78 is 12.0. The van der Waals surface area contributed by atoms with E-state index in [1.807, 2.05) is 13.8 Å². The minimum atomic E-state index is -1.20. The van der Waals surface area contributed by atoms with E-state index in [-0.39, 0.29) is 5.79 Å². The first kappa shape index (κ1) is 17.5. The van der Waals surface area contributed by atoms with Gasteiger partial charge in [0, 0.05) is 5.41 Å². The van der Waals surface area contributed by atoms with E-state index >= 15 is 0 Å². The average molecular weight is 313 g/mol. The lowest BCUT2D eigenvalue weighted by Crippen LogP contribution is -2.45.